The average molecular weight is 364 g/mol. The number of rotatable bonds is 7. The molecule has 0 atom stereocenters. The third kappa shape index (κ3) is 5.67. The van der Waals surface area contributed by atoms with E-state index in [1.807, 2.05) is 36.4 Å². The molecule has 3 rings (SSSR count). The van der Waals surface area contributed by atoms with Crippen molar-refractivity contribution in [2.45, 2.75) is 26.2 Å². The van der Waals surface area contributed by atoms with Gasteiger partial charge in [0.15, 0.2) is 0 Å². The number of benzene rings is 2. The van der Waals surface area contributed by atoms with Crippen LogP contribution in [0.1, 0.15) is 31.9 Å². The Balaban J connectivity index is 1.42. The molecule has 0 saturated carbocycles. The quantitative estimate of drug-likeness (QED) is 0.471. The molecule has 1 aromatic heterocycles. The summed E-state index contributed by atoms with van der Waals surface area (Å²) >= 11 is 0. The van der Waals surface area contributed by atoms with Crippen LogP contribution in [0.5, 0.6) is 11.5 Å². The van der Waals surface area contributed by atoms with Crippen molar-refractivity contribution in [1.29, 1.82) is 0 Å². The number of hydrogen-bond acceptors (Lipinski definition) is 5. The second kappa shape index (κ2) is 8.49. The third-order valence-corrected chi connectivity index (χ3v) is 3.97. The van der Waals surface area contributed by atoms with Crippen molar-refractivity contribution in [1.82, 2.24) is 14.9 Å². The highest BCUT2D eigenvalue weighted by Crippen LogP contribution is 2.24. The second-order valence-electron chi connectivity index (χ2n) is 7.13. The first-order valence-electron chi connectivity index (χ1n) is 8.86. The highest BCUT2D eigenvalue weighted by atomic mass is 16.5. The zero-order chi connectivity index (χ0) is 19.1. The van der Waals surface area contributed by atoms with Gasteiger partial charge in [-0.25, -0.2) is 4.68 Å². The predicted octanol–water partition coefficient (Wildman–Crippen LogP) is 3.92. The highest BCUT2D eigenvalue weighted by molar-refractivity contribution is 5.79. The summed E-state index contributed by atoms with van der Waals surface area (Å²) < 4.78 is 13.0. The first-order chi connectivity index (χ1) is 13.0. The Kier molecular flexibility index (Phi) is 5.86. The smallest absolute Gasteiger partial charge is 0.141 e. The SMILES string of the molecule is CC(C)(C)c1ccc(OCCOc2ccc(/C=N\n3cnnc3)cc2)cc1. The largest absolute Gasteiger partial charge is 0.490 e. The van der Waals surface area contributed by atoms with Crippen LogP contribution in [0.3, 0.4) is 0 Å². The molecule has 6 nitrogen and oxygen atoms in total. The van der Waals surface area contributed by atoms with Gasteiger partial charge in [0.25, 0.3) is 0 Å². The summed E-state index contributed by atoms with van der Waals surface area (Å²) in [6.45, 7) is 7.56. The van der Waals surface area contributed by atoms with E-state index in [2.05, 4.69) is 48.2 Å². The fourth-order valence-corrected chi connectivity index (χ4v) is 2.41. The lowest BCUT2D eigenvalue weighted by molar-refractivity contribution is 0.217. The fourth-order valence-electron chi connectivity index (χ4n) is 2.41. The molecule has 0 radical (unpaired) electrons. The number of aromatic nitrogens is 3. The summed E-state index contributed by atoms with van der Waals surface area (Å²) in [7, 11) is 0. The molecule has 140 valence electrons. The average Bonchev–Trinajstić information content (AvgIpc) is 3.18. The Morgan fingerprint density at radius 3 is 1.89 bits per heavy atom. The van der Waals surface area contributed by atoms with Gasteiger partial charge in [0.2, 0.25) is 0 Å². The number of ether oxygens (including phenoxy) is 2. The first kappa shape index (κ1) is 18.6. The van der Waals surface area contributed by atoms with Gasteiger partial charge in [-0.05, 0) is 52.9 Å². The van der Waals surface area contributed by atoms with E-state index in [9.17, 15) is 0 Å². The Morgan fingerprint density at radius 2 is 1.37 bits per heavy atom. The molecule has 0 unspecified atom stereocenters. The van der Waals surface area contributed by atoms with E-state index in [-0.39, 0.29) is 5.41 Å². The molecule has 3 aromatic rings. The summed E-state index contributed by atoms with van der Waals surface area (Å²) in [4.78, 5) is 0. The second-order valence-corrected chi connectivity index (χ2v) is 7.13. The van der Waals surface area contributed by atoms with Crippen molar-refractivity contribution >= 4 is 6.21 Å². The van der Waals surface area contributed by atoms with Crippen LogP contribution in [-0.2, 0) is 5.41 Å². The molecule has 0 aliphatic heterocycles. The third-order valence-electron chi connectivity index (χ3n) is 3.97. The minimum Gasteiger partial charge on any atom is -0.490 e. The molecule has 1 heterocycles. The Labute approximate surface area is 159 Å². The van der Waals surface area contributed by atoms with Gasteiger partial charge < -0.3 is 9.47 Å². The molecular formula is C21H24N4O2. The topological polar surface area (TPSA) is 61.5 Å². The zero-order valence-electron chi connectivity index (χ0n) is 15.9. The lowest BCUT2D eigenvalue weighted by atomic mass is 9.87. The molecule has 0 spiro atoms. The monoisotopic (exact) mass is 364 g/mol. The lowest BCUT2D eigenvalue weighted by Crippen LogP contribution is -2.11. The van der Waals surface area contributed by atoms with Gasteiger partial charge in [0.1, 0.15) is 37.4 Å². The highest BCUT2D eigenvalue weighted by Gasteiger charge is 2.12. The van der Waals surface area contributed by atoms with Gasteiger partial charge in [-0.1, -0.05) is 32.9 Å². The molecule has 2 aromatic carbocycles. The van der Waals surface area contributed by atoms with Crippen molar-refractivity contribution in [3.8, 4) is 11.5 Å². The molecule has 0 amide bonds. The van der Waals surface area contributed by atoms with Crippen LogP contribution in [0, 0.1) is 0 Å². The van der Waals surface area contributed by atoms with Crippen LogP contribution >= 0.6 is 0 Å². The molecule has 0 aliphatic rings. The van der Waals surface area contributed by atoms with E-state index in [0.29, 0.717) is 13.2 Å². The standard InChI is InChI=1S/C21H24N4O2/c1-21(2,3)18-6-10-20(11-7-18)27-13-12-26-19-8-4-17(5-9-19)14-24-25-15-22-23-16-25/h4-11,14-16H,12-13H2,1-3H3/b24-14-. The van der Waals surface area contributed by atoms with Crippen LogP contribution in [0.2, 0.25) is 0 Å². The zero-order valence-corrected chi connectivity index (χ0v) is 15.9. The molecule has 27 heavy (non-hydrogen) atoms. The van der Waals surface area contributed by atoms with Crippen LogP contribution in [0.25, 0.3) is 0 Å². The van der Waals surface area contributed by atoms with Crippen molar-refractivity contribution in [2.75, 3.05) is 13.2 Å². The number of hydrogen-bond donors (Lipinski definition) is 0. The van der Waals surface area contributed by atoms with Gasteiger partial charge in [-0.2, -0.15) is 5.10 Å². The van der Waals surface area contributed by atoms with E-state index in [1.165, 1.54) is 22.9 Å². The summed E-state index contributed by atoms with van der Waals surface area (Å²) in [5.74, 6) is 1.65. The van der Waals surface area contributed by atoms with E-state index < -0.39 is 0 Å². The Hall–Kier alpha value is -3.15. The van der Waals surface area contributed by atoms with E-state index in [4.69, 9.17) is 9.47 Å². The van der Waals surface area contributed by atoms with Crippen LogP contribution in [-0.4, -0.2) is 34.3 Å². The fraction of sp³-hybridized carbons (Fsp3) is 0.286. The lowest BCUT2D eigenvalue weighted by Gasteiger charge is -2.19. The van der Waals surface area contributed by atoms with Gasteiger partial charge in [0.05, 0.1) is 6.21 Å². The van der Waals surface area contributed by atoms with Crippen LogP contribution in [0.4, 0.5) is 0 Å². The van der Waals surface area contributed by atoms with Crippen molar-refractivity contribution in [3.05, 3.63) is 72.3 Å². The molecule has 0 saturated heterocycles. The van der Waals surface area contributed by atoms with Gasteiger partial charge in [-0.15, -0.1) is 10.2 Å². The summed E-state index contributed by atoms with van der Waals surface area (Å²) in [5.41, 5.74) is 2.40. The minimum atomic E-state index is 0.147. The number of nitrogens with zero attached hydrogens (tertiary/aromatic N) is 4. The van der Waals surface area contributed by atoms with E-state index >= 15 is 0 Å². The molecule has 0 aliphatic carbocycles. The summed E-state index contributed by atoms with van der Waals surface area (Å²) in [6, 6.07) is 15.9. The minimum absolute atomic E-state index is 0.147. The molecule has 0 bridgehead atoms. The van der Waals surface area contributed by atoms with Crippen LogP contribution < -0.4 is 9.47 Å². The van der Waals surface area contributed by atoms with E-state index in [0.717, 1.165) is 17.1 Å². The maximum atomic E-state index is 5.74. The predicted molar refractivity (Wildman–Crippen MR) is 106 cm³/mol. The normalized spacial score (nSPS) is 11.7. The molecule has 0 N–H and O–H groups in total. The maximum absolute atomic E-state index is 5.74. The van der Waals surface area contributed by atoms with E-state index in [1.54, 1.807) is 6.21 Å². The summed E-state index contributed by atoms with van der Waals surface area (Å²) in [6.07, 6.45) is 4.80. The summed E-state index contributed by atoms with van der Waals surface area (Å²) in [5, 5.41) is 11.6. The van der Waals surface area contributed by atoms with Crippen LogP contribution in [0.15, 0.2) is 66.3 Å². The van der Waals surface area contributed by atoms with Gasteiger partial charge in [-0.3, -0.25) is 0 Å². The Morgan fingerprint density at radius 1 is 0.852 bits per heavy atom. The van der Waals surface area contributed by atoms with Gasteiger partial charge in [0, 0.05) is 0 Å². The van der Waals surface area contributed by atoms with Gasteiger partial charge >= 0.3 is 0 Å². The maximum Gasteiger partial charge on any atom is 0.141 e. The molecule has 0 fully saturated rings. The molecule has 6 heteroatoms. The first-order valence-corrected chi connectivity index (χ1v) is 8.86. The van der Waals surface area contributed by atoms with Crippen molar-refractivity contribution in [3.63, 3.8) is 0 Å². The molecular weight excluding hydrogens is 340 g/mol. The van der Waals surface area contributed by atoms with Crippen molar-refractivity contribution in [2.24, 2.45) is 5.10 Å². The Bertz CT molecular complexity index is 849. The van der Waals surface area contributed by atoms with Crippen molar-refractivity contribution < 1.29 is 9.47 Å².